The number of unbranched alkanes of at least 4 members (excludes halogenated alkanes) is 1. The van der Waals surface area contributed by atoms with E-state index in [0.29, 0.717) is 12.3 Å². The number of Topliss-reactive ketones (excluding diaryl/α,β-unsaturated/α-hetero) is 1. The van der Waals surface area contributed by atoms with E-state index in [1.807, 2.05) is 24.3 Å². The van der Waals surface area contributed by atoms with Crippen molar-refractivity contribution >= 4 is 40.0 Å². The molecule has 0 N–H and O–H groups in total. The second kappa shape index (κ2) is 6.40. The fourth-order valence-corrected chi connectivity index (χ4v) is 1.71. The van der Waals surface area contributed by atoms with Crippen LogP contribution in [0.1, 0.15) is 29.6 Å². The van der Waals surface area contributed by atoms with Gasteiger partial charge in [0.1, 0.15) is 0 Å². The molecule has 0 saturated heterocycles. The van der Waals surface area contributed by atoms with Crippen LogP contribution in [0.3, 0.4) is 0 Å². The van der Waals surface area contributed by atoms with Crippen molar-refractivity contribution in [2.45, 2.75) is 19.3 Å². The van der Waals surface area contributed by atoms with Gasteiger partial charge in [0, 0.05) is 21.4 Å². The molecule has 0 amide bonds. The SMILES string of the molecule is O=C(CCCCCl)c1ccc(I)cc1. The summed E-state index contributed by atoms with van der Waals surface area (Å²) in [6.45, 7) is 0. The van der Waals surface area contributed by atoms with Gasteiger partial charge < -0.3 is 0 Å². The number of benzene rings is 1. The molecule has 1 aromatic carbocycles. The third kappa shape index (κ3) is 3.96. The van der Waals surface area contributed by atoms with Crippen molar-refractivity contribution in [3.05, 3.63) is 33.4 Å². The molecular weight excluding hydrogens is 310 g/mol. The molecule has 0 spiro atoms. The zero-order valence-electron chi connectivity index (χ0n) is 7.80. The molecule has 0 saturated carbocycles. The summed E-state index contributed by atoms with van der Waals surface area (Å²) in [5.41, 5.74) is 0.806. The minimum absolute atomic E-state index is 0.214. The monoisotopic (exact) mass is 322 g/mol. The van der Waals surface area contributed by atoms with Crippen molar-refractivity contribution in [2.75, 3.05) is 5.88 Å². The van der Waals surface area contributed by atoms with E-state index in [2.05, 4.69) is 22.6 Å². The molecule has 0 fully saturated rings. The lowest BCUT2D eigenvalue weighted by Crippen LogP contribution is -1.98. The van der Waals surface area contributed by atoms with Crippen LogP contribution in [-0.2, 0) is 0 Å². The van der Waals surface area contributed by atoms with Gasteiger partial charge in [-0.25, -0.2) is 0 Å². The second-order valence-corrected chi connectivity index (χ2v) is 4.70. The van der Waals surface area contributed by atoms with Crippen LogP contribution in [0.15, 0.2) is 24.3 Å². The summed E-state index contributed by atoms with van der Waals surface area (Å²) in [6, 6.07) is 7.67. The molecule has 3 heteroatoms. The molecule has 1 rings (SSSR count). The van der Waals surface area contributed by atoms with E-state index >= 15 is 0 Å². The largest absolute Gasteiger partial charge is 0.294 e. The quantitative estimate of drug-likeness (QED) is 0.348. The summed E-state index contributed by atoms with van der Waals surface area (Å²) in [6.07, 6.45) is 2.40. The number of ketones is 1. The maximum Gasteiger partial charge on any atom is 0.162 e. The lowest BCUT2D eigenvalue weighted by Gasteiger charge is -2.00. The highest BCUT2D eigenvalue weighted by atomic mass is 127. The van der Waals surface area contributed by atoms with Crippen molar-refractivity contribution in [2.24, 2.45) is 0 Å². The number of hydrogen-bond acceptors (Lipinski definition) is 1. The Balaban J connectivity index is 2.48. The smallest absolute Gasteiger partial charge is 0.162 e. The molecule has 1 nitrogen and oxygen atoms in total. The molecule has 76 valence electrons. The number of rotatable bonds is 5. The first-order valence-electron chi connectivity index (χ1n) is 4.59. The predicted octanol–water partition coefficient (Wildman–Crippen LogP) is 3.88. The summed E-state index contributed by atoms with van der Waals surface area (Å²) in [5.74, 6) is 0.853. The molecule has 0 bridgehead atoms. The molecule has 0 atom stereocenters. The normalized spacial score (nSPS) is 10.1. The van der Waals surface area contributed by atoms with E-state index < -0.39 is 0 Å². The predicted molar refractivity (Wildman–Crippen MR) is 68.1 cm³/mol. The van der Waals surface area contributed by atoms with E-state index in [9.17, 15) is 4.79 Å². The van der Waals surface area contributed by atoms with Gasteiger partial charge in [0.05, 0.1) is 0 Å². The number of carbonyl (C=O) groups excluding carboxylic acids is 1. The molecular formula is C11H12ClIO. The molecule has 14 heavy (non-hydrogen) atoms. The third-order valence-electron chi connectivity index (χ3n) is 1.95. The van der Waals surface area contributed by atoms with Gasteiger partial charge in [0.25, 0.3) is 0 Å². The lowest BCUT2D eigenvalue weighted by molar-refractivity contribution is 0.0980. The molecule has 0 unspecified atom stereocenters. The Kier molecular flexibility index (Phi) is 5.48. The maximum atomic E-state index is 11.6. The fraction of sp³-hybridized carbons (Fsp3) is 0.364. The van der Waals surface area contributed by atoms with E-state index in [4.69, 9.17) is 11.6 Å². The van der Waals surface area contributed by atoms with Crippen LogP contribution < -0.4 is 0 Å². The molecule has 0 radical (unpaired) electrons. The zero-order chi connectivity index (χ0) is 10.4. The van der Waals surface area contributed by atoms with Crippen LogP contribution in [-0.4, -0.2) is 11.7 Å². The summed E-state index contributed by atoms with van der Waals surface area (Å²) >= 11 is 7.77. The topological polar surface area (TPSA) is 17.1 Å². The van der Waals surface area contributed by atoms with E-state index in [0.717, 1.165) is 22.0 Å². The number of alkyl halides is 1. The van der Waals surface area contributed by atoms with Crippen molar-refractivity contribution in [1.29, 1.82) is 0 Å². The van der Waals surface area contributed by atoms with Gasteiger partial charge in [-0.1, -0.05) is 12.1 Å². The Morgan fingerprint density at radius 3 is 2.43 bits per heavy atom. The third-order valence-corrected chi connectivity index (χ3v) is 2.94. The maximum absolute atomic E-state index is 11.6. The molecule has 0 aliphatic rings. The Bertz CT molecular complexity index is 295. The van der Waals surface area contributed by atoms with Crippen LogP contribution in [0.2, 0.25) is 0 Å². The highest BCUT2D eigenvalue weighted by molar-refractivity contribution is 14.1. The van der Waals surface area contributed by atoms with Crippen LogP contribution in [0.5, 0.6) is 0 Å². The zero-order valence-corrected chi connectivity index (χ0v) is 10.7. The van der Waals surface area contributed by atoms with Gasteiger partial charge in [-0.15, -0.1) is 11.6 Å². The van der Waals surface area contributed by atoms with E-state index in [1.165, 1.54) is 0 Å². The molecule has 0 heterocycles. The van der Waals surface area contributed by atoms with Crippen molar-refractivity contribution in [3.8, 4) is 0 Å². The van der Waals surface area contributed by atoms with Crippen LogP contribution in [0.25, 0.3) is 0 Å². The molecule has 0 aromatic heterocycles. The number of carbonyl (C=O) groups is 1. The molecule has 0 aliphatic carbocycles. The van der Waals surface area contributed by atoms with Crippen LogP contribution in [0, 0.1) is 3.57 Å². The first kappa shape index (κ1) is 12.0. The number of halogens is 2. The van der Waals surface area contributed by atoms with Crippen LogP contribution in [0.4, 0.5) is 0 Å². The molecule has 0 aliphatic heterocycles. The second-order valence-electron chi connectivity index (χ2n) is 3.08. The molecule has 1 aromatic rings. The average molecular weight is 323 g/mol. The van der Waals surface area contributed by atoms with Gasteiger partial charge in [0.15, 0.2) is 5.78 Å². The summed E-state index contributed by atoms with van der Waals surface area (Å²) in [5, 5.41) is 0. The Labute approximate surface area is 103 Å². The van der Waals surface area contributed by atoms with E-state index in [-0.39, 0.29) is 5.78 Å². The summed E-state index contributed by atoms with van der Waals surface area (Å²) in [4.78, 5) is 11.6. The van der Waals surface area contributed by atoms with Gasteiger partial charge in [0.2, 0.25) is 0 Å². The van der Waals surface area contributed by atoms with Crippen molar-refractivity contribution < 1.29 is 4.79 Å². The number of hydrogen-bond donors (Lipinski definition) is 0. The standard InChI is InChI=1S/C11H12ClIO/c12-8-2-1-3-11(14)9-4-6-10(13)7-5-9/h4-7H,1-3,8H2. The van der Waals surface area contributed by atoms with Crippen molar-refractivity contribution in [3.63, 3.8) is 0 Å². The highest BCUT2D eigenvalue weighted by Gasteiger charge is 2.04. The van der Waals surface area contributed by atoms with Crippen LogP contribution >= 0.6 is 34.2 Å². The summed E-state index contributed by atoms with van der Waals surface area (Å²) < 4.78 is 1.15. The van der Waals surface area contributed by atoms with Gasteiger partial charge in [-0.3, -0.25) is 4.79 Å². The van der Waals surface area contributed by atoms with E-state index in [1.54, 1.807) is 0 Å². The van der Waals surface area contributed by atoms with Gasteiger partial charge in [-0.05, 0) is 47.6 Å². The first-order chi connectivity index (χ1) is 6.74. The first-order valence-corrected chi connectivity index (χ1v) is 6.20. The Morgan fingerprint density at radius 1 is 1.21 bits per heavy atom. The fourth-order valence-electron chi connectivity index (χ4n) is 1.16. The van der Waals surface area contributed by atoms with Gasteiger partial charge >= 0.3 is 0 Å². The minimum Gasteiger partial charge on any atom is -0.294 e. The van der Waals surface area contributed by atoms with Gasteiger partial charge in [-0.2, -0.15) is 0 Å². The average Bonchev–Trinajstić information content (AvgIpc) is 2.19. The Morgan fingerprint density at radius 2 is 1.86 bits per heavy atom. The Hall–Kier alpha value is -0.0900. The minimum atomic E-state index is 0.214. The summed E-state index contributed by atoms with van der Waals surface area (Å²) in [7, 11) is 0. The highest BCUT2D eigenvalue weighted by Crippen LogP contribution is 2.10. The lowest BCUT2D eigenvalue weighted by atomic mass is 10.1. The van der Waals surface area contributed by atoms with Crippen molar-refractivity contribution in [1.82, 2.24) is 0 Å².